The maximum absolute atomic E-state index is 12.3. The third-order valence-corrected chi connectivity index (χ3v) is 6.65. The minimum atomic E-state index is -3.77. The highest BCUT2D eigenvalue weighted by atomic mass is 32.2. The van der Waals surface area contributed by atoms with Crippen molar-refractivity contribution < 1.29 is 23.4 Å². The summed E-state index contributed by atoms with van der Waals surface area (Å²) in [6, 6.07) is 0.822. The number of carbonyl (C=O) groups is 1. The first-order chi connectivity index (χ1) is 9.05. The average molecular weight is 319 g/mol. The molecule has 1 aromatic heterocycles. The van der Waals surface area contributed by atoms with Gasteiger partial charge in [0.05, 0.1) is 11.0 Å². The van der Waals surface area contributed by atoms with Gasteiger partial charge in [0.15, 0.2) is 0 Å². The molecule has 1 aromatic rings. The van der Waals surface area contributed by atoms with E-state index < -0.39 is 27.5 Å². The third-order valence-electron chi connectivity index (χ3n) is 3.89. The lowest BCUT2D eigenvalue weighted by Gasteiger charge is -2.49. The number of rotatable bonds is 4. The lowest BCUT2D eigenvalue weighted by Crippen LogP contribution is -2.61. The number of carboxylic acid groups (broad SMARTS) is 1. The molecule has 0 bridgehead atoms. The molecular weight excluding hydrogens is 302 g/mol. The van der Waals surface area contributed by atoms with Gasteiger partial charge in [-0.05, 0) is 19.4 Å². The van der Waals surface area contributed by atoms with E-state index in [1.807, 2.05) is 0 Å². The molecule has 1 fully saturated rings. The zero-order valence-corrected chi connectivity index (χ0v) is 13.0. The van der Waals surface area contributed by atoms with Crippen LogP contribution in [0.5, 0.6) is 0 Å². The second-order valence-corrected chi connectivity index (χ2v) is 8.52. The summed E-state index contributed by atoms with van der Waals surface area (Å²) in [7, 11) is -3.77. The van der Waals surface area contributed by atoms with Crippen LogP contribution in [0.3, 0.4) is 0 Å². The van der Waals surface area contributed by atoms with Crippen LogP contribution in [0.1, 0.15) is 34.8 Å². The molecule has 0 aliphatic heterocycles. The fourth-order valence-corrected chi connectivity index (χ4v) is 5.03. The van der Waals surface area contributed by atoms with Gasteiger partial charge in [0.2, 0.25) is 10.0 Å². The Kier molecular flexibility index (Phi) is 3.70. The molecule has 1 aliphatic carbocycles. The fraction of sp³-hybridized carbons (Fsp3) is 0.583. The van der Waals surface area contributed by atoms with Crippen LogP contribution in [-0.2, 0) is 10.0 Å². The molecule has 2 rings (SSSR count). The van der Waals surface area contributed by atoms with E-state index in [1.165, 1.54) is 6.07 Å². The van der Waals surface area contributed by atoms with E-state index in [1.54, 1.807) is 20.8 Å². The number of aryl methyl sites for hydroxylation is 1. The average Bonchev–Trinajstić information content (AvgIpc) is 2.72. The van der Waals surface area contributed by atoms with Gasteiger partial charge in [0.1, 0.15) is 4.88 Å². The lowest BCUT2D eigenvalue weighted by molar-refractivity contribution is -0.0645. The minimum absolute atomic E-state index is 0.00269. The third kappa shape index (κ3) is 2.48. The molecular formula is C12H17NO5S2. The van der Waals surface area contributed by atoms with Crippen molar-refractivity contribution in [3.8, 4) is 0 Å². The zero-order valence-electron chi connectivity index (χ0n) is 11.4. The normalized spacial score (nSPS) is 25.2. The van der Waals surface area contributed by atoms with Crippen molar-refractivity contribution >= 4 is 27.3 Å². The molecule has 8 heteroatoms. The molecule has 1 heterocycles. The number of sulfonamides is 1. The molecule has 1 aliphatic rings. The predicted molar refractivity (Wildman–Crippen MR) is 74.5 cm³/mol. The van der Waals surface area contributed by atoms with Gasteiger partial charge in [-0.3, -0.25) is 0 Å². The summed E-state index contributed by atoms with van der Waals surface area (Å²) in [5.41, 5.74) is -0.521. The standard InChI is InChI=1S/C12H17NO5S2/c1-6-8(4-7(19-6)11(15)16)20(17,18)13-9-5-10(14)12(9,2)3/h4,9-10,13-14H,5H2,1-3H3,(H,15,16). The van der Waals surface area contributed by atoms with Crippen molar-refractivity contribution in [2.75, 3.05) is 0 Å². The summed E-state index contributed by atoms with van der Waals surface area (Å²) in [5, 5.41) is 18.5. The van der Waals surface area contributed by atoms with Crippen LogP contribution in [0.15, 0.2) is 11.0 Å². The highest BCUT2D eigenvalue weighted by molar-refractivity contribution is 7.89. The first-order valence-corrected chi connectivity index (χ1v) is 8.40. The van der Waals surface area contributed by atoms with E-state index in [0.717, 1.165) is 11.3 Å². The van der Waals surface area contributed by atoms with Crippen LogP contribution in [0, 0.1) is 12.3 Å². The summed E-state index contributed by atoms with van der Waals surface area (Å²) in [5.74, 6) is -1.14. The Labute approximate surface area is 121 Å². The molecule has 0 spiro atoms. The van der Waals surface area contributed by atoms with Gasteiger partial charge in [-0.1, -0.05) is 13.8 Å². The molecule has 0 saturated heterocycles. The number of hydrogen-bond acceptors (Lipinski definition) is 5. The molecule has 2 atom stereocenters. The number of nitrogens with one attached hydrogen (secondary N) is 1. The van der Waals surface area contributed by atoms with Crippen LogP contribution in [0.2, 0.25) is 0 Å². The number of hydrogen-bond donors (Lipinski definition) is 3. The van der Waals surface area contributed by atoms with E-state index in [0.29, 0.717) is 11.3 Å². The van der Waals surface area contributed by atoms with Crippen molar-refractivity contribution in [1.82, 2.24) is 4.72 Å². The quantitative estimate of drug-likeness (QED) is 0.773. The van der Waals surface area contributed by atoms with E-state index in [4.69, 9.17) is 5.11 Å². The van der Waals surface area contributed by atoms with Crippen LogP contribution >= 0.6 is 11.3 Å². The molecule has 112 valence electrons. The Hall–Kier alpha value is -0.960. The second-order valence-electron chi connectivity index (χ2n) is 5.58. The molecule has 3 N–H and O–H groups in total. The summed E-state index contributed by atoms with van der Waals surface area (Å²) in [4.78, 5) is 11.3. The highest BCUT2D eigenvalue weighted by Gasteiger charge is 2.49. The van der Waals surface area contributed by atoms with Crippen molar-refractivity contribution in [3.63, 3.8) is 0 Å². The van der Waals surface area contributed by atoms with Gasteiger partial charge >= 0.3 is 5.97 Å². The van der Waals surface area contributed by atoms with Gasteiger partial charge in [-0.25, -0.2) is 17.9 Å². The summed E-state index contributed by atoms with van der Waals surface area (Å²) in [6.45, 7) is 5.15. The first kappa shape index (κ1) is 15.4. The topological polar surface area (TPSA) is 104 Å². The van der Waals surface area contributed by atoms with Gasteiger partial charge < -0.3 is 10.2 Å². The van der Waals surface area contributed by atoms with Crippen molar-refractivity contribution in [1.29, 1.82) is 0 Å². The number of aliphatic hydroxyl groups is 1. The molecule has 1 saturated carbocycles. The van der Waals surface area contributed by atoms with Crippen molar-refractivity contribution in [2.45, 2.75) is 44.2 Å². The summed E-state index contributed by atoms with van der Waals surface area (Å²) in [6.07, 6.45) is -0.172. The van der Waals surface area contributed by atoms with E-state index in [9.17, 15) is 18.3 Å². The molecule has 0 radical (unpaired) electrons. The SMILES string of the molecule is Cc1sc(C(=O)O)cc1S(=O)(=O)NC1CC(O)C1(C)C. The van der Waals surface area contributed by atoms with Crippen LogP contribution in [0.25, 0.3) is 0 Å². The maximum Gasteiger partial charge on any atom is 0.345 e. The molecule has 0 aromatic carbocycles. The van der Waals surface area contributed by atoms with Crippen molar-refractivity contribution in [2.24, 2.45) is 5.41 Å². The van der Waals surface area contributed by atoms with Gasteiger partial charge in [0, 0.05) is 16.3 Å². The fourth-order valence-electron chi connectivity index (χ4n) is 2.19. The number of aromatic carboxylic acids is 1. The summed E-state index contributed by atoms with van der Waals surface area (Å²) < 4.78 is 27.2. The lowest BCUT2D eigenvalue weighted by atomic mass is 9.65. The minimum Gasteiger partial charge on any atom is -0.477 e. The molecule has 6 nitrogen and oxygen atoms in total. The van der Waals surface area contributed by atoms with Crippen molar-refractivity contribution in [3.05, 3.63) is 15.8 Å². The Morgan fingerprint density at radius 2 is 2.10 bits per heavy atom. The number of thiophene rings is 1. The Morgan fingerprint density at radius 1 is 1.50 bits per heavy atom. The van der Waals surface area contributed by atoms with Crippen LogP contribution < -0.4 is 4.72 Å². The predicted octanol–water partition coefficient (Wildman–Crippen LogP) is 1.19. The zero-order chi connectivity index (χ0) is 15.3. The molecule has 2 unspecified atom stereocenters. The largest absolute Gasteiger partial charge is 0.477 e. The van der Waals surface area contributed by atoms with Crippen LogP contribution in [-0.4, -0.2) is 36.7 Å². The van der Waals surface area contributed by atoms with E-state index >= 15 is 0 Å². The van der Waals surface area contributed by atoms with E-state index in [-0.39, 0.29) is 15.8 Å². The summed E-state index contributed by atoms with van der Waals surface area (Å²) >= 11 is 0.934. The smallest absolute Gasteiger partial charge is 0.345 e. The van der Waals surface area contributed by atoms with Gasteiger partial charge in [-0.2, -0.15) is 0 Å². The van der Waals surface area contributed by atoms with Gasteiger partial charge in [0.25, 0.3) is 0 Å². The Bertz CT molecular complexity index is 647. The second kappa shape index (κ2) is 4.80. The van der Waals surface area contributed by atoms with Gasteiger partial charge in [-0.15, -0.1) is 11.3 Å². The van der Waals surface area contributed by atoms with E-state index in [2.05, 4.69) is 4.72 Å². The Balaban J connectivity index is 2.26. The van der Waals surface area contributed by atoms with Crippen LogP contribution in [0.4, 0.5) is 0 Å². The number of aliphatic hydroxyl groups excluding tert-OH is 1. The monoisotopic (exact) mass is 319 g/mol. The first-order valence-electron chi connectivity index (χ1n) is 6.10. The Morgan fingerprint density at radius 3 is 2.50 bits per heavy atom. The molecule has 0 amide bonds. The molecule has 20 heavy (non-hydrogen) atoms. The maximum atomic E-state index is 12.3. The number of carboxylic acids is 1. The highest BCUT2D eigenvalue weighted by Crippen LogP contribution is 2.41.